The molecule has 0 aromatic heterocycles. The molecule has 0 amide bonds. The largest absolute Gasteiger partial charge is 0.396 e. The van der Waals surface area contributed by atoms with Gasteiger partial charge in [0.2, 0.25) is 0 Å². The minimum absolute atomic E-state index is 0.136. The highest BCUT2D eigenvalue weighted by Gasteiger charge is 2.61. The average Bonchev–Trinajstić information content (AvgIpc) is 1.79. The third kappa shape index (κ3) is 1.15. The summed E-state index contributed by atoms with van der Waals surface area (Å²) in [5.74, 6) is 0. The van der Waals surface area contributed by atoms with Crippen molar-refractivity contribution >= 4 is 0 Å². The monoisotopic (exact) mass is 184 g/mol. The van der Waals surface area contributed by atoms with E-state index >= 15 is 0 Å². The van der Waals surface area contributed by atoms with Gasteiger partial charge in [-0.2, -0.15) is 0 Å². The summed E-state index contributed by atoms with van der Waals surface area (Å²) in [6, 6.07) is 0. The van der Waals surface area contributed by atoms with Crippen LogP contribution in [-0.4, -0.2) is 22.4 Å². The number of rotatable bonds is 2. The van der Waals surface area contributed by atoms with E-state index in [9.17, 15) is 10.2 Å². The van der Waals surface area contributed by atoms with E-state index < -0.39 is 5.60 Å². The highest BCUT2D eigenvalue weighted by atomic mass is 16.3. The van der Waals surface area contributed by atoms with Gasteiger partial charge in [-0.05, 0) is 31.1 Å². The molecule has 0 atom stereocenters. The van der Waals surface area contributed by atoms with Crippen LogP contribution in [0.2, 0.25) is 0 Å². The average molecular weight is 184 g/mol. The minimum Gasteiger partial charge on any atom is -0.396 e. The van der Waals surface area contributed by atoms with E-state index in [1.165, 1.54) is 6.42 Å². The van der Waals surface area contributed by atoms with Crippen LogP contribution in [0.1, 0.15) is 46.0 Å². The van der Waals surface area contributed by atoms with Crippen LogP contribution in [0.5, 0.6) is 0 Å². The Morgan fingerprint density at radius 3 is 1.92 bits per heavy atom. The summed E-state index contributed by atoms with van der Waals surface area (Å²) in [4.78, 5) is 0. The van der Waals surface area contributed by atoms with E-state index in [4.69, 9.17) is 0 Å². The maximum Gasteiger partial charge on any atom is 0.0735 e. The topological polar surface area (TPSA) is 40.5 Å². The van der Waals surface area contributed by atoms with Crippen molar-refractivity contribution in [1.82, 2.24) is 0 Å². The fraction of sp³-hybridized carbons (Fsp3) is 1.00. The molecule has 0 unspecified atom stereocenters. The van der Waals surface area contributed by atoms with Gasteiger partial charge in [0.15, 0.2) is 0 Å². The lowest BCUT2D eigenvalue weighted by molar-refractivity contribution is -0.233. The van der Waals surface area contributed by atoms with Crippen molar-refractivity contribution in [2.75, 3.05) is 6.61 Å². The molecule has 2 aliphatic carbocycles. The molecule has 0 radical (unpaired) electrons. The molecule has 0 spiro atoms. The number of hydrogen-bond acceptors (Lipinski definition) is 2. The summed E-state index contributed by atoms with van der Waals surface area (Å²) in [6.07, 6.45) is 4.91. The van der Waals surface area contributed by atoms with Crippen LogP contribution in [0.25, 0.3) is 0 Å². The Balaban J connectivity index is 2.08. The Morgan fingerprint density at radius 2 is 1.69 bits per heavy atom. The van der Waals surface area contributed by atoms with Crippen LogP contribution in [0.4, 0.5) is 0 Å². The molecular formula is C11H20O2. The maximum atomic E-state index is 10.4. The van der Waals surface area contributed by atoms with Crippen LogP contribution in [-0.2, 0) is 0 Å². The van der Waals surface area contributed by atoms with Gasteiger partial charge in [-0.15, -0.1) is 0 Å². The Bertz CT molecular complexity index is 203. The minimum atomic E-state index is -0.552. The smallest absolute Gasteiger partial charge is 0.0735 e. The first kappa shape index (κ1) is 9.47. The first-order chi connectivity index (χ1) is 5.93. The van der Waals surface area contributed by atoms with Crippen LogP contribution >= 0.6 is 0 Å². The van der Waals surface area contributed by atoms with Gasteiger partial charge in [0.05, 0.1) is 12.2 Å². The molecular weight excluding hydrogens is 164 g/mol. The Morgan fingerprint density at radius 1 is 1.15 bits per heavy atom. The van der Waals surface area contributed by atoms with Gasteiger partial charge in [0.25, 0.3) is 0 Å². The zero-order chi connectivity index (χ0) is 9.74. The van der Waals surface area contributed by atoms with Gasteiger partial charge in [-0.1, -0.05) is 20.3 Å². The van der Waals surface area contributed by atoms with E-state index in [0.29, 0.717) is 0 Å². The summed E-state index contributed by atoms with van der Waals surface area (Å²) in [7, 11) is 0. The standard InChI is InChI=1S/C11H20O2/c1-9(2)6-11(13,7-9)10(8-12)4-3-5-10/h12-13H,3-8H2,1-2H3. The lowest BCUT2D eigenvalue weighted by atomic mass is 9.46. The molecule has 0 heterocycles. The summed E-state index contributed by atoms with van der Waals surface area (Å²) in [6.45, 7) is 4.54. The number of aliphatic hydroxyl groups is 2. The molecule has 2 N–H and O–H groups in total. The number of hydrogen-bond donors (Lipinski definition) is 2. The van der Waals surface area contributed by atoms with Crippen molar-refractivity contribution < 1.29 is 10.2 Å². The van der Waals surface area contributed by atoms with Crippen molar-refractivity contribution in [3.8, 4) is 0 Å². The first-order valence-corrected chi connectivity index (χ1v) is 5.26. The van der Waals surface area contributed by atoms with E-state index in [2.05, 4.69) is 13.8 Å². The zero-order valence-electron chi connectivity index (χ0n) is 8.64. The third-order valence-corrected chi connectivity index (χ3v) is 4.14. The van der Waals surface area contributed by atoms with Gasteiger partial charge in [-0.3, -0.25) is 0 Å². The van der Waals surface area contributed by atoms with Crippen molar-refractivity contribution in [2.45, 2.75) is 51.6 Å². The van der Waals surface area contributed by atoms with E-state index in [1.807, 2.05) is 0 Å². The second-order valence-electron chi connectivity index (χ2n) is 5.84. The molecule has 0 aromatic rings. The summed E-state index contributed by atoms with van der Waals surface area (Å²) < 4.78 is 0. The van der Waals surface area contributed by atoms with Gasteiger partial charge in [0, 0.05) is 5.41 Å². The molecule has 0 bridgehead atoms. The van der Waals surface area contributed by atoms with Gasteiger partial charge in [-0.25, -0.2) is 0 Å². The normalized spacial score (nSPS) is 33.2. The summed E-state index contributed by atoms with van der Waals surface area (Å²) >= 11 is 0. The summed E-state index contributed by atoms with van der Waals surface area (Å²) in [5, 5.41) is 19.7. The molecule has 0 aliphatic heterocycles. The molecule has 2 fully saturated rings. The molecule has 2 rings (SSSR count). The molecule has 76 valence electrons. The molecule has 0 aromatic carbocycles. The van der Waals surface area contributed by atoms with Crippen molar-refractivity contribution in [2.24, 2.45) is 10.8 Å². The van der Waals surface area contributed by atoms with Crippen molar-refractivity contribution in [3.63, 3.8) is 0 Å². The van der Waals surface area contributed by atoms with Crippen molar-refractivity contribution in [3.05, 3.63) is 0 Å². The first-order valence-electron chi connectivity index (χ1n) is 5.26. The lowest BCUT2D eigenvalue weighted by Crippen LogP contribution is -2.64. The highest BCUT2D eigenvalue weighted by molar-refractivity contribution is 5.12. The molecule has 2 saturated carbocycles. The van der Waals surface area contributed by atoms with Crippen LogP contribution in [0, 0.1) is 10.8 Å². The van der Waals surface area contributed by atoms with Gasteiger partial charge < -0.3 is 10.2 Å². The fourth-order valence-corrected chi connectivity index (χ4v) is 3.28. The van der Waals surface area contributed by atoms with E-state index in [0.717, 1.165) is 25.7 Å². The second-order valence-corrected chi connectivity index (χ2v) is 5.84. The zero-order valence-corrected chi connectivity index (χ0v) is 8.64. The van der Waals surface area contributed by atoms with E-state index in [1.54, 1.807) is 0 Å². The maximum absolute atomic E-state index is 10.4. The lowest BCUT2D eigenvalue weighted by Gasteiger charge is -2.62. The second kappa shape index (κ2) is 2.48. The van der Waals surface area contributed by atoms with Crippen LogP contribution in [0.3, 0.4) is 0 Å². The Hall–Kier alpha value is -0.0800. The van der Waals surface area contributed by atoms with Crippen molar-refractivity contribution in [1.29, 1.82) is 0 Å². The molecule has 13 heavy (non-hydrogen) atoms. The Labute approximate surface area is 80.0 Å². The Kier molecular flexibility index (Phi) is 1.81. The SMILES string of the molecule is CC1(C)CC(O)(C2(CO)CCC2)C1. The summed E-state index contributed by atoms with van der Waals surface area (Å²) in [5.41, 5.74) is -0.404. The molecule has 2 aliphatic rings. The molecule has 0 saturated heterocycles. The molecule has 2 nitrogen and oxygen atoms in total. The number of aliphatic hydroxyl groups excluding tert-OH is 1. The quantitative estimate of drug-likeness (QED) is 0.685. The van der Waals surface area contributed by atoms with Crippen LogP contribution < -0.4 is 0 Å². The predicted octanol–water partition coefficient (Wildman–Crippen LogP) is 1.70. The third-order valence-electron chi connectivity index (χ3n) is 4.14. The van der Waals surface area contributed by atoms with Gasteiger partial charge in [0.1, 0.15) is 0 Å². The van der Waals surface area contributed by atoms with Crippen LogP contribution in [0.15, 0.2) is 0 Å². The molecule has 2 heteroatoms. The van der Waals surface area contributed by atoms with Gasteiger partial charge >= 0.3 is 0 Å². The van der Waals surface area contributed by atoms with E-state index in [-0.39, 0.29) is 17.4 Å². The fourth-order valence-electron chi connectivity index (χ4n) is 3.28. The highest BCUT2D eigenvalue weighted by Crippen LogP contribution is 2.62. The predicted molar refractivity (Wildman–Crippen MR) is 51.3 cm³/mol.